The van der Waals surface area contributed by atoms with E-state index in [9.17, 15) is 14.4 Å². The minimum absolute atomic E-state index is 0.00539. The molecule has 6 nitrogen and oxygen atoms in total. The molecular formula is C26H31N3O3S. The number of hydrogen-bond donors (Lipinski definition) is 1. The van der Waals surface area contributed by atoms with E-state index >= 15 is 0 Å². The molecule has 1 atom stereocenters. The molecule has 7 heteroatoms. The molecule has 2 aromatic carbocycles. The van der Waals surface area contributed by atoms with Gasteiger partial charge in [-0.2, -0.15) is 0 Å². The molecule has 33 heavy (non-hydrogen) atoms. The average molecular weight is 466 g/mol. The Labute approximate surface area is 199 Å². The molecule has 0 aromatic heterocycles. The third-order valence-electron chi connectivity index (χ3n) is 6.51. The lowest BCUT2D eigenvalue weighted by Crippen LogP contribution is -2.48. The monoisotopic (exact) mass is 465 g/mol. The van der Waals surface area contributed by atoms with Crippen LogP contribution in [0, 0.1) is 5.92 Å². The molecule has 2 heterocycles. The van der Waals surface area contributed by atoms with Crippen molar-refractivity contribution < 1.29 is 14.4 Å². The molecule has 2 aliphatic heterocycles. The van der Waals surface area contributed by atoms with Gasteiger partial charge in [-0.3, -0.25) is 14.4 Å². The van der Waals surface area contributed by atoms with Gasteiger partial charge in [-0.1, -0.05) is 30.3 Å². The molecule has 3 amide bonds. The van der Waals surface area contributed by atoms with Crippen LogP contribution in [0.2, 0.25) is 0 Å². The van der Waals surface area contributed by atoms with Gasteiger partial charge in [0.2, 0.25) is 17.7 Å². The Bertz CT molecular complexity index is 972. The number of anilines is 1. The number of likely N-dealkylation sites (tertiary alicyclic amines) is 1. The van der Waals surface area contributed by atoms with Gasteiger partial charge in [0.05, 0.1) is 5.92 Å². The van der Waals surface area contributed by atoms with Crippen LogP contribution in [0.1, 0.15) is 31.2 Å². The number of rotatable bonds is 7. The summed E-state index contributed by atoms with van der Waals surface area (Å²) in [6.07, 6.45) is 4.99. The van der Waals surface area contributed by atoms with Gasteiger partial charge < -0.3 is 15.1 Å². The van der Waals surface area contributed by atoms with E-state index in [1.165, 1.54) is 0 Å². The predicted octanol–water partition coefficient (Wildman–Crippen LogP) is 3.50. The van der Waals surface area contributed by atoms with E-state index < -0.39 is 0 Å². The van der Waals surface area contributed by atoms with Crippen LogP contribution in [0.4, 0.5) is 5.69 Å². The highest BCUT2D eigenvalue weighted by atomic mass is 32.2. The summed E-state index contributed by atoms with van der Waals surface area (Å²) in [5, 5.41) is 3.12. The lowest BCUT2D eigenvalue weighted by atomic mass is 10.0. The molecule has 1 unspecified atom stereocenters. The summed E-state index contributed by atoms with van der Waals surface area (Å²) < 4.78 is 0. The third kappa shape index (κ3) is 5.96. The van der Waals surface area contributed by atoms with Gasteiger partial charge in [-0.05, 0) is 55.3 Å². The number of nitrogens with zero attached hydrogens (tertiary/aromatic N) is 2. The zero-order valence-electron chi connectivity index (χ0n) is 19.0. The maximum absolute atomic E-state index is 13.1. The molecule has 4 rings (SSSR count). The standard InChI is InChI=1S/C26H31N3O3S/c1-33-23-10-8-22(9-11-23)29-18-20(17-25(29)31)26(32)28-15-13-21(14-16-28)27-24(30)12-7-19-5-3-2-4-6-19/h2-6,8-11,20-21H,7,12-18H2,1H3,(H,27,30). The van der Waals surface area contributed by atoms with Gasteiger partial charge in [-0.15, -0.1) is 11.8 Å². The first-order valence-electron chi connectivity index (χ1n) is 11.6. The molecule has 0 radical (unpaired) electrons. The Kier molecular flexibility index (Phi) is 7.70. The van der Waals surface area contributed by atoms with Crippen molar-refractivity contribution in [2.45, 2.75) is 43.0 Å². The molecule has 2 fully saturated rings. The SMILES string of the molecule is CSc1ccc(N2CC(C(=O)N3CCC(NC(=O)CCc4ccccc4)CC3)CC2=O)cc1. The number of benzene rings is 2. The first-order valence-corrected chi connectivity index (χ1v) is 12.8. The lowest BCUT2D eigenvalue weighted by Gasteiger charge is -2.33. The van der Waals surface area contributed by atoms with E-state index in [-0.39, 0.29) is 36.1 Å². The van der Waals surface area contributed by atoms with E-state index in [4.69, 9.17) is 0 Å². The van der Waals surface area contributed by atoms with Crippen LogP contribution < -0.4 is 10.2 Å². The summed E-state index contributed by atoms with van der Waals surface area (Å²) >= 11 is 1.66. The Morgan fingerprint density at radius 2 is 1.73 bits per heavy atom. The topological polar surface area (TPSA) is 69.7 Å². The fourth-order valence-corrected chi connectivity index (χ4v) is 5.00. The normalized spacial score (nSPS) is 19.1. The molecule has 2 aromatic rings. The van der Waals surface area contributed by atoms with Crippen LogP contribution in [-0.4, -0.2) is 54.6 Å². The van der Waals surface area contributed by atoms with Crippen molar-refractivity contribution in [3.05, 3.63) is 60.2 Å². The zero-order valence-corrected chi connectivity index (χ0v) is 19.9. The van der Waals surface area contributed by atoms with Gasteiger partial charge >= 0.3 is 0 Å². The number of amides is 3. The van der Waals surface area contributed by atoms with Crippen molar-refractivity contribution in [3.8, 4) is 0 Å². The maximum Gasteiger partial charge on any atom is 0.228 e. The number of nitrogens with one attached hydrogen (secondary N) is 1. The number of carbonyl (C=O) groups is 3. The van der Waals surface area contributed by atoms with E-state index in [0.717, 1.165) is 35.4 Å². The third-order valence-corrected chi connectivity index (χ3v) is 7.26. The lowest BCUT2D eigenvalue weighted by molar-refractivity contribution is -0.137. The summed E-state index contributed by atoms with van der Waals surface area (Å²) in [5.74, 6) is -0.172. The number of thioether (sulfide) groups is 1. The molecule has 174 valence electrons. The van der Waals surface area contributed by atoms with Gasteiger partial charge in [0, 0.05) is 49.1 Å². The van der Waals surface area contributed by atoms with E-state index in [1.807, 2.05) is 65.8 Å². The van der Waals surface area contributed by atoms with Gasteiger partial charge in [0.1, 0.15) is 0 Å². The van der Waals surface area contributed by atoms with Crippen molar-refractivity contribution >= 4 is 35.2 Å². The van der Waals surface area contributed by atoms with Crippen LogP contribution in [0.25, 0.3) is 0 Å². The largest absolute Gasteiger partial charge is 0.353 e. The molecule has 0 bridgehead atoms. The predicted molar refractivity (Wildman–Crippen MR) is 131 cm³/mol. The van der Waals surface area contributed by atoms with Crippen LogP contribution in [0.3, 0.4) is 0 Å². The second-order valence-electron chi connectivity index (χ2n) is 8.76. The van der Waals surface area contributed by atoms with Crippen LogP contribution in [0.15, 0.2) is 59.5 Å². The Morgan fingerprint density at radius 3 is 2.39 bits per heavy atom. The van der Waals surface area contributed by atoms with Crippen molar-refractivity contribution in [2.24, 2.45) is 5.92 Å². The summed E-state index contributed by atoms with van der Waals surface area (Å²) in [5.41, 5.74) is 2.01. The Hall–Kier alpha value is -2.80. The minimum atomic E-state index is -0.297. The first-order chi connectivity index (χ1) is 16.0. The zero-order chi connectivity index (χ0) is 23.2. The number of aryl methyl sites for hydroxylation is 1. The molecule has 0 saturated carbocycles. The second-order valence-corrected chi connectivity index (χ2v) is 9.64. The van der Waals surface area contributed by atoms with Crippen LogP contribution >= 0.6 is 11.8 Å². The van der Waals surface area contributed by atoms with Crippen molar-refractivity contribution in [1.82, 2.24) is 10.2 Å². The highest BCUT2D eigenvalue weighted by Crippen LogP contribution is 2.28. The number of piperidine rings is 1. The van der Waals surface area contributed by atoms with Crippen LogP contribution in [0.5, 0.6) is 0 Å². The maximum atomic E-state index is 13.1. The Balaban J connectivity index is 1.22. The molecule has 2 saturated heterocycles. The van der Waals surface area contributed by atoms with Crippen molar-refractivity contribution in [2.75, 3.05) is 30.8 Å². The number of carbonyl (C=O) groups excluding carboxylic acids is 3. The molecule has 0 aliphatic carbocycles. The average Bonchev–Trinajstić information content (AvgIpc) is 3.25. The second kappa shape index (κ2) is 10.9. The molecule has 2 aliphatic rings. The molecule has 1 N–H and O–H groups in total. The minimum Gasteiger partial charge on any atom is -0.353 e. The first kappa shape index (κ1) is 23.4. The van der Waals surface area contributed by atoms with Crippen LogP contribution in [-0.2, 0) is 20.8 Å². The van der Waals surface area contributed by atoms with Gasteiger partial charge in [-0.25, -0.2) is 0 Å². The van der Waals surface area contributed by atoms with E-state index in [1.54, 1.807) is 16.7 Å². The number of hydrogen-bond acceptors (Lipinski definition) is 4. The van der Waals surface area contributed by atoms with Crippen molar-refractivity contribution in [3.63, 3.8) is 0 Å². The van der Waals surface area contributed by atoms with Gasteiger partial charge in [0.25, 0.3) is 0 Å². The molecular weight excluding hydrogens is 434 g/mol. The van der Waals surface area contributed by atoms with E-state index in [0.29, 0.717) is 26.1 Å². The molecule has 0 spiro atoms. The van der Waals surface area contributed by atoms with Gasteiger partial charge in [0.15, 0.2) is 0 Å². The van der Waals surface area contributed by atoms with E-state index in [2.05, 4.69) is 5.32 Å². The highest BCUT2D eigenvalue weighted by Gasteiger charge is 2.38. The fourth-order valence-electron chi connectivity index (χ4n) is 4.59. The highest BCUT2D eigenvalue weighted by molar-refractivity contribution is 7.98. The Morgan fingerprint density at radius 1 is 1.03 bits per heavy atom. The summed E-state index contributed by atoms with van der Waals surface area (Å²) in [7, 11) is 0. The fraction of sp³-hybridized carbons (Fsp3) is 0.423. The summed E-state index contributed by atoms with van der Waals surface area (Å²) in [4.78, 5) is 42.7. The van der Waals surface area contributed by atoms with Crippen molar-refractivity contribution in [1.29, 1.82) is 0 Å². The summed E-state index contributed by atoms with van der Waals surface area (Å²) in [6.45, 7) is 1.68. The quantitative estimate of drug-likeness (QED) is 0.636. The smallest absolute Gasteiger partial charge is 0.228 e. The summed E-state index contributed by atoms with van der Waals surface area (Å²) in [6, 6.07) is 18.0.